The van der Waals surface area contributed by atoms with Crippen molar-refractivity contribution in [3.8, 4) is 5.75 Å². The van der Waals surface area contributed by atoms with Crippen molar-refractivity contribution in [2.45, 2.75) is 64.1 Å². The molecule has 26 heavy (non-hydrogen) atoms. The summed E-state index contributed by atoms with van der Waals surface area (Å²) in [7, 11) is 1.54. The molecule has 1 fully saturated rings. The SMILES string of the molecule is COc1ccc([N+](=O)[O-])cc1NC1CCC(NC(=O)OC(C)(C)C)CC1. The monoisotopic (exact) mass is 365 g/mol. The van der Waals surface area contributed by atoms with E-state index in [1.165, 1.54) is 19.2 Å². The lowest BCUT2D eigenvalue weighted by Gasteiger charge is -2.31. The molecule has 0 heterocycles. The minimum absolute atomic E-state index is 0.0218. The van der Waals surface area contributed by atoms with E-state index < -0.39 is 16.6 Å². The third-order valence-corrected chi connectivity index (χ3v) is 4.20. The summed E-state index contributed by atoms with van der Waals surface area (Å²) in [5.41, 5.74) is 0.125. The van der Waals surface area contributed by atoms with Crippen molar-refractivity contribution in [3.05, 3.63) is 28.3 Å². The number of hydrogen-bond donors (Lipinski definition) is 2. The number of nitrogens with zero attached hydrogens (tertiary/aromatic N) is 1. The van der Waals surface area contributed by atoms with Crippen LogP contribution in [0.4, 0.5) is 16.2 Å². The first-order valence-electron chi connectivity index (χ1n) is 8.76. The van der Waals surface area contributed by atoms with E-state index in [2.05, 4.69) is 10.6 Å². The van der Waals surface area contributed by atoms with E-state index in [-0.39, 0.29) is 17.8 Å². The number of carbonyl (C=O) groups excluding carboxylic acids is 1. The van der Waals surface area contributed by atoms with Gasteiger partial charge in [0.1, 0.15) is 11.4 Å². The van der Waals surface area contributed by atoms with Crippen LogP contribution in [0.3, 0.4) is 0 Å². The first-order valence-corrected chi connectivity index (χ1v) is 8.76. The second-order valence-corrected chi connectivity index (χ2v) is 7.48. The highest BCUT2D eigenvalue weighted by Gasteiger charge is 2.25. The van der Waals surface area contributed by atoms with Crippen molar-refractivity contribution >= 4 is 17.5 Å². The summed E-state index contributed by atoms with van der Waals surface area (Å²) in [6.07, 6.45) is 2.91. The molecule has 2 N–H and O–H groups in total. The van der Waals surface area contributed by atoms with E-state index in [9.17, 15) is 14.9 Å². The van der Waals surface area contributed by atoms with Gasteiger partial charge in [0.15, 0.2) is 0 Å². The number of nitrogens with one attached hydrogen (secondary N) is 2. The van der Waals surface area contributed by atoms with Gasteiger partial charge in [-0.1, -0.05) is 0 Å². The van der Waals surface area contributed by atoms with Crippen LogP contribution in [-0.2, 0) is 4.74 Å². The number of anilines is 1. The minimum atomic E-state index is -0.512. The second-order valence-electron chi connectivity index (χ2n) is 7.48. The third kappa shape index (κ3) is 5.79. The molecule has 8 heteroatoms. The molecule has 2 rings (SSSR count). The zero-order valence-corrected chi connectivity index (χ0v) is 15.7. The molecule has 144 valence electrons. The lowest BCUT2D eigenvalue weighted by Crippen LogP contribution is -2.42. The Morgan fingerprint density at radius 3 is 2.35 bits per heavy atom. The molecular weight excluding hydrogens is 338 g/mol. The molecule has 1 saturated carbocycles. The molecule has 0 aromatic heterocycles. The highest BCUT2D eigenvalue weighted by molar-refractivity contribution is 5.68. The van der Waals surface area contributed by atoms with Gasteiger partial charge in [-0.05, 0) is 52.5 Å². The number of ether oxygens (including phenoxy) is 2. The fraction of sp³-hybridized carbons (Fsp3) is 0.611. The Bertz CT molecular complexity index is 649. The average molecular weight is 365 g/mol. The fourth-order valence-corrected chi connectivity index (χ4v) is 3.00. The van der Waals surface area contributed by atoms with Crippen molar-refractivity contribution < 1.29 is 19.2 Å². The Morgan fingerprint density at radius 1 is 1.19 bits per heavy atom. The average Bonchev–Trinajstić information content (AvgIpc) is 2.54. The molecule has 0 aliphatic heterocycles. The van der Waals surface area contributed by atoms with E-state index in [0.717, 1.165) is 25.7 Å². The van der Waals surface area contributed by atoms with E-state index in [4.69, 9.17) is 9.47 Å². The van der Waals surface area contributed by atoms with E-state index in [1.807, 2.05) is 20.8 Å². The van der Waals surface area contributed by atoms with Gasteiger partial charge in [-0.2, -0.15) is 0 Å². The van der Waals surface area contributed by atoms with Gasteiger partial charge in [0, 0.05) is 24.2 Å². The van der Waals surface area contributed by atoms with Gasteiger partial charge < -0.3 is 20.1 Å². The van der Waals surface area contributed by atoms with E-state index >= 15 is 0 Å². The van der Waals surface area contributed by atoms with Crippen LogP contribution in [0.5, 0.6) is 5.75 Å². The Morgan fingerprint density at radius 2 is 1.81 bits per heavy atom. The van der Waals surface area contributed by atoms with Crippen LogP contribution in [0.1, 0.15) is 46.5 Å². The van der Waals surface area contributed by atoms with Crippen LogP contribution < -0.4 is 15.4 Å². The van der Waals surface area contributed by atoms with Crippen molar-refractivity contribution in [1.29, 1.82) is 0 Å². The largest absolute Gasteiger partial charge is 0.495 e. The van der Waals surface area contributed by atoms with Crippen LogP contribution in [0.15, 0.2) is 18.2 Å². The van der Waals surface area contributed by atoms with Crippen LogP contribution in [0, 0.1) is 10.1 Å². The molecule has 1 aromatic carbocycles. The maximum atomic E-state index is 11.9. The standard InChI is InChI=1S/C18H27N3O5/c1-18(2,3)26-17(22)20-13-7-5-12(6-8-13)19-15-11-14(21(23)24)9-10-16(15)25-4/h9-13,19H,5-8H2,1-4H3,(H,20,22). The van der Waals surface area contributed by atoms with Gasteiger partial charge in [0.2, 0.25) is 0 Å². The number of alkyl carbamates (subject to hydrolysis) is 1. The molecule has 1 aliphatic rings. The van der Waals surface area contributed by atoms with Gasteiger partial charge in [-0.15, -0.1) is 0 Å². The highest BCUT2D eigenvalue weighted by atomic mass is 16.6. The summed E-state index contributed by atoms with van der Waals surface area (Å²) in [4.78, 5) is 22.4. The van der Waals surface area contributed by atoms with Crippen LogP contribution in [-0.4, -0.2) is 35.8 Å². The van der Waals surface area contributed by atoms with Crippen LogP contribution in [0.2, 0.25) is 0 Å². The molecule has 0 atom stereocenters. The fourth-order valence-electron chi connectivity index (χ4n) is 3.00. The first-order chi connectivity index (χ1) is 12.2. The molecule has 0 spiro atoms. The molecule has 1 aliphatic carbocycles. The molecular formula is C18H27N3O5. The first kappa shape index (κ1) is 19.8. The molecule has 0 radical (unpaired) electrons. The minimum Gasteiger partial charge on any atom is -0.495 e. The van der Waals surface area contributed by atoms with Gasteiger partial charge >= 0.3 is 6.09 Å². The summed E-state index contributed by atoms with van der Waals surface area (Å²) in [5, 5.41) is 17.2. The molecule has 0 unspecified atom stereocenters. The molecule has 0 saturated heterocycles. The number of amides is 1. The maximum Gasteiger partial charge on any atom is 0.407 e. The van der Waals surface area contributed by atoms with E-state index in [0.29, 0.717) is 11.4 Å². The topological polar surface area (TPSA) is 103 Å². The van der Waals surface area contributed by atoms with Crippen molar-refractivity contribution in [2.75, 3.05) is 12.4 Å². The lowest BCUT2D eigenvalue weighted by molar-refractivity contribution is -0.384. The van der Waals surface area contributed by atoms with Crippen molar-refractivity contribution in [2.24, 2.45) is 0 Å². The van der Waals surface area contributed by atoms with Crippen molar-refractivity contribution in [3.63, 3.8) is 0 Å². The summed E-state index contributed by atoms with van der Waals surface area (Å²) < 4.78 is 10.6. The Balaban J connectivity index is 1.90. The molecule has 1 amide bonds. The number of nitro groups is 1. The Labute approximate surface area is 153 Å². The van der Waals surface area contributed by atoms with Gasteiger partial charge in [-0.3, -0.25) is 10.1 Å². The normalized spacial score (nSPS) is 20.2. The molecule has 8 nitrogen and oxygen atoms in total. The predicted octanol–water partition coefficient (Wildman–Crippen LogP) is 3.85. The zero-order valence-electron chi connectivity index (χ0n) is 15.7. The predicted molar refractivity (Wildman–Crippen MR) is 98.7 cm³/mol. The number of rotatable bonds is 5. The summed E-state index contributed by atoms with van der Waals surface area (Å²) in [6, 6.07) is 4.75. The van der Waals surface area contributed by atoms with Crippen LogP contribution in [0.25, 0.3) is 0 Å². The van der Waals surface area contributed by atoms with E-state index in [1.54, 1.807) is 6.07 Å². The summed E-state index contributed by atoms with van der Waals surface area (Å²) in [5.74, 6) is 0.574. The number of carbonyl (C=O) groups is 1. The number of hydrogen-bond acceptors (Lipinski definition) is 6. The number of benzene rings is 1. The van der Waals surface area contributed by atoms with Gasteiger partial charge in [0.25, 0.3) is 5.69 Å². The smallest absolute Gasteiger partial charge is 0.407 e. The second kappa shape index (κ2) is 8.25. The molecule has 0 bridgehead atoms. The van der Waals surface area contributed by atoms with Gasteiger partial charge in [0.05, 0.1) is 17.7 Å². The van der Waals surface area contributed by atoms with Gasteiger partial charge in [-0.25, -0.2) is 4.79 Å². The molecule has 1 aromatic rings. The quantitative estimate of drug-likeness (QED) is 0.607. The Kier molecular flexibility index (Phi) is 6.28. The summed E-state index contributed by atoms with van der Waals surface area (Å²) >= 11 is 0. The zero-order chi connectivity index (χ0) is 19.3. The van der Waals surface area contributed by atoms with Crippen molar-refractivity contribution in [1.82, 2.24) is 5.32 Å². The Hall–Kier alpha value is -2.51. The highest BCUT2D eigenvalue weighted by Crippen LogP contribution is 2.31. The maximum absolute atomic E-state index is 11.9. The number of methoxy groups -OCH3 is 1. The lowest BCUT2D eigenvalue weighted by atomic mass is 9.91. The number of nitro benzene ring substituents is 1. The summed E-state index contributed by atoms with van der Waals surface area (Å²) in [6.45, 7) is 5.50. The number of non-ortho nitro benzene ring substituents is 1. The van der Waals surface area contributed by atoms with Crippen LogP contribution >= 0.6 is 0 Å². The third-order valence-electron chi connectivity index (χ3n) is 4.20.